The van der Waals surface area contributed by atoms with Gasteiger partial charge in [-0.3, -0.25) is 14.4 Å². The molecule has 0 spiro atoms. The van der Waals surface area contributed by atoms with Crippen LogP contribution in [0, 0.1) is 5.92 Å². The Labute approximate surface area is 310 Å². The van der Waals surface area contributed by atoms with E-state index in [1.807, 2.05) is 0 Å². The van der Waals surface area contributed by atoms with Crippen LogP contribution in [0.4, 0.5) is 0 Å². The van der Waals surface area contributed by atoms with Crippen molar-refractivity contribution in [3.8, 4) is 0 Å². The standard InChI is InChI=1S/C44H84O6/c1-5-7-9-11-13-15-20-23-27-31-35-42(45)48-38-41(50-44(47)37-33-29-25-18-14-12-10-8-6-2)39-49-43(46)36-32-28-24-21-17-16-19-22-26-30-34-40(3)4/h40-41H,5-39H2,1-4H3/t41-/m0/s1. The third-order valence-electron chi connectivity index (χ3n) is 9.79. The topological polar surface area (TPSA) is 78.9 Å². The lowest BCUT2D eigenvalue weighted by atomic mass is 10.0. The fourth-order valence-electron chi connectivity index (χ4n) is 6.45. The monoisotopic (exact) mass is 709 g/mol. The van der Waals surface area contributed by atoms with Crippen LogP contribution in [0.25, 0.3) is 0 Å². The van der Waals surface area contributed by atoms with Crippen molar-refractivity contribution in [2.45, 2.75) is 246 Å². The van der Waals surface area contributed by atoms with Gasteiger partial charge in [0.1, 0.15) is 13.2 Å². The van der Waals surface area contributed by atoms with Crippen molar-refractivity contribution in [3.63, 3.8) is 0 Å². The molecule has 0 N–H and O–H groups in total. The van der Waals surface area contributed by atoms with Gasteiger partial charge in [0.2, 0.25) is 0 Å². The first-order valence-corrected chi connectivity index (χ1v) is 21.9. The molecule has 0 aliphatic heterocycles. The Morgan fingerprint density at radius 2 is 0.660 bits per heavy atom. The van der Waals surface area contributed by atoms with Crippen LogP contribution in [0.1, 0.15) is 240 Å². The molecular weight excluding hydrogens is 624 g/mol. The van der Waals surface area contributed by atoms with E-state index in [0.29, 0.717) is 19.3 Å². The van der Waals surface area contributed by atoms with Crippen LogP contribution in [-0.2, 0) is 28.6 Å². The largest absolute Gasteiger partial charge is 0.462 e. The van der Waals surface area contributed by atoms with Crippen LogP contribution < -0.4 is 0 Å². The van der Waals surface area contributed by atoms with E-state index in [-0.39, 0.29) is 31.1 Å². The van der Waals surface area contributed by atoms with E-state index in [4.69, 9.17) is 14.2 Å². The summed E-state index contributed by atoms with van der Waals surface area (Å²) in [4.78, 5) is 37.5. The number of carbonyl (C=O) groups excluding carboxylic acids is 3. The molecule has 296 valence electrons. The molecule has 50 heavy (non-hydrogen) atoms. The fraction of sp³-hybridized carbons (Fsp3) is 0.932. The van der Waals surface area contributed by atoms with Gasteiger partial charge in [0, 0.05) is 19.3 Å². The van der Waals surface area contributed by atoms with E-state index in [2.05, 4.69) is 27.7 Å². The number of unbranched alkanes of at least 4 members (excludes halogenated alkanes) is 26. The summed E-state index contributed by atoms with van der Waals surface area (Å²) in [5.74, 6) is -0.0422. The molecule has 0 rings (SSSR count). The van der Waals surface area contributed by atoms with Crippen LogP contribution in [0.15, 0.2) is 0 Å². The van der Waals surface area contributed by atoms with Crippen LogP contribution >= 0.6 is 0 Å². The summed E-state index contributed by atoms with van der Waals surface area (Å²) < 4.78 is 16.7. The highest BCUT2D eigenvalue weighted by atomic mass is 16.6. The van der Waals surface area contributed by atoms with Gasteiger partial charge in [0.25, 0.3) is 0 Å². The number of carbonyl (C=O) groups is 3. The second-order valence-corrected chi connectivity index (χ2v) is 15.5. The van der Waals surface area contributed by atoms with Crippen molar-refractivity contribution in [3.05, 3.63) is 0 Å². The molecule has 1 atom stereocenters. The highest BCUT2D eigenvalue weighted by molar-refractivity contribution is 5.71. The molecule has 0 heterocycles. The Bertz CT molecular complexity index is 751. The lowest BCUT2D eigenvalue weighted by Crippen LogP contribution is -2.30. The summed E-state index contributed by atoms with van der Waals surface area (Å²) in [7, 11) is 0. The van der Waals surface area contributed by atoms with Crippen molar-refractivity contribution in [1.82, 2.24) is 0 Å². The van der Waals surface area contributed by atoms with Crippen molar-refractivity contribution in [1.29, 1.82) is 0 Å². The Balaban J connectivity index is 4.30. The van der Waals surface area contributed by atoms with E-state index in [1.54, 1.807) is 0 Å². The minimum absolute atomic E-state index is 0.0644. The van der Waals surface area contributed by atoms with E-state index >= 15 is 0 Å². The average Bonchev–Trinajstić information content (AvgIpc) is 3.09. The molecule has 0 saturated heterocycles. The summed E-state index contributed by atoms with van der Waals surface area (Å²) >= 11 is 0. The predicted molar refractivity (Wildman–Crippen MR) is 210 cm³/mol. The zero-order chi connectivity index (χ0) is 36.8. The Morgan fingerprint density at radius 1 is 0.380 bits per heavy atom. The molecular formula is C44H84O6. The van der Waals surface area contributed by atoms with Gasteiger partial charge in [-0.2, -0.15) is 0 Å². The van der Waals surface area contributed by atoms with Crippen molar-refractivity contribution >= 4 is 17.9 Å². The van der Waals surface area contributed by atoms with Crippen molar-refractivity contribution in [2.75, 3.05) is 13.2 Å². The van der Waals surface area contributed by atoms with Crippen LogP contribution in [0.3, 0.4) is 0 Å². The predicted octanol–water partition coefficient (Wildman–Crippen LogP) is 13.6. The number of hydrogen-bond donors (Lipinski definition) is 0. The molecule has 0 aromatic heterocycles. The number of rotatable bonds is 39. The number of ether oxygens (including phenoxy) is 3. The van der Waals surface area contributed by atoms with E-state index < -0.39 is 6.10 Å². The first-order chi connectivity index (χ1) is 24.4. The minimum Gasteiger partial charge on any atom is -0.462 e. The molecule has 0 aromatic carbocycles. The lowest BCUT2D eigenvalue weighted by molar-refractivity contribution is -0.167. The number of hydrogen-bond acceptors (Lipinski definition) is 6. The minimum atomic E-state index is -0.757. The maximum atomic E-state index is 12.6. The highest BCUT2D eigenvalue weighted by Gasteiger charge is 2.19. The van der Waals surface area contributed by atoms with Gasteiger partial charge in [-0.05, 0) is 25.2 Å². The SMILES string of the molecule is CCCCCCCCCCCCC(=O)OC[C@@H](COC(=O)CCCCCCCCCCCCC(C)C)OC(=O)CCCCCCCCCCC. The highest BCUT2D eigenvalue weighted by Crippen LogP contribution is 2.16. The lowest BCUT2D eigenvalue weighted by Gasteiger charge is -2.18. The second kappa shape index (κ2) is 38.6. The summed E-state index contributed by atoms with van der Waals surface area (Å²) in [6.45, 7) is 8.95. The molecule has 0 saturated carbocycles. The molecule has 6 nitrogen and oxygen atoms in total. The molecule has 0 bridgehead atoms. The van der Waals surface area contributed by atoms with Gasteiger partial charge in [-0.1, -0.05) is 201 Å². The Morgan fingerprint density at radius 3 is 0.980 bits per heavy atom. The average molecular weight is 709 g/mol. The molecule has 0 unspecified atom stereocenters. The van der Waals surface area contributed by atoms with Gasteiger partial charge in [0.05, 0.1) is 0 Å². The summed E-state index contributed by atoms with van der Waals surface area (Å²) in [6.07, 6.45) is 36.6. The Hall–Kier alpha value is -1.59. The summed E-state index contributed by atoms with van der Waals surface area (Å²) in [5.41, 5.74) is 0. The third-order valence-corrected chi connectivity index (χ3v) is 9.79. The first-order valence-electron chi connectivity index (χ1n) is 21.9. The van der Waals surface area contributed by atoms with Crippen molar-refractivity contribution < 1.29 is 28.6 Å². The van der Waals surface area contributed by atoms with Crippen molar-refractivity contribution in [2.24, 2.45) is 5.92 Å². The molecule has 0 amide bonds. The maximum Gasteiger partial charge on any atom is 0.306 e. The zero-order valence-electron chi connectivity index (χ0n) is 33.9. The molecule has 0 radical (unpaired) electrons. The zero-order valence-corrected chi connectivity index (χ0v) is 33.9. The Kier molecular flexibility index (Phi) is 37.4. The van der Waals surface area contributed by atoms with E-state index in [0.717, 1.165) is 63.7 Å². The second-order valence-electron chi connectivity index (χ2n) is 15.5. The summed E-state index contributed by atoms with van der Waals surface area (Å²) in [6, 6.07) is 0. The normalized spacial score (nSPS) is 11.9. The van der Waals surface area contributed by atoms with E-state index in [9.17, 15) is 14.4 Å². The molecule has 0 aromatic rings. The van der Waals surface area contributed by atoms with Gasteiger partial charge < -0.3 is 14.2 Å². The van der Waals surface area contributed by atoms with Crippen LogP contribution in [0.2, 0.25) is 0 Å². The molecule has 6 heteroatoms. The van der Waals surface area contributed by atoms with Gasteiger partial charge in [0.15, 0.2) is 6.10 Å². The van der Waals surface area contributed by atoms with Gasteiger partial charge >= 0.3 is 17.9 Å². The van der Waals surface area contributed by atoms with E-state index in [1.165, 1.54) is 135 Å². The first kappa shape index (κ1) is 48.4. The maximum absolute atomic E-state index is 12.6. The van der Waals surface area contributed by atoms with Crippen LogP contribution in [-0.4, -0.2) is 37.2 Å². The summed E-state index contributed by atoms with van der Waals surface area (Å²) in [5, 5.41) is 0. The number of esters is 3. The fourth-order valence-corrected chi connectivity index (χ4v) is 6.45. The smallest absolute Gasteiger partial charge is 0.306 e. The van der Waals surface area contributed by atoms with Gasteiger partial charge in [-0.15, -0.1) is 0 Å². The molecule has 0 aliphatic rings. The molecule has 0 fully saturated rings. The third kappa shape index (κ3) is 37.7. The van der Waals surface area contributed by atoms with Crippen LogP contribution in [0.5, 0.6) is 0 Å². The molecule has 0 aliphatic carbocycles. The van der Waals surface area contributed by atoms with Gasteiger partial charge in [-0.25, -0.2) is 0 Å². The quantitative estimate of drug-likeness (QED) is 0.0359.